The van der Waals surface area contributed by atoms with Crippen molar-refractivity contribution in [2.24, 2.45) is 0 Å². The van der Waals surface area contributed by atoms with Crippen molar-refractivity contribution >= 4 is 15.9 Å². The van der Waals surface area contributed by atoms with Crippen LogP contribution in [0, 0.1) is 0 Å². The normalized spacial score (nSPS) is 16.2. The third kappa shape index (κ3) is 2.44. The quantitative estimate of drug-likeness (QED) is 0.716. The molecule has 0 spiro atoms. The van der Waals surface area contributed by atoms with E-state index in [2.05, 4.69) is 0 Å². The fourth-order valence-corrected chi connectivity index (χ4v) is 6.57. The average molecular weight is 246 g/mol. The first kappa shape index (κ1) is 14.3. The minimum atomic E-state index is -4.48. The maximum atomic E-state index is 11.7. The fourth-order valence-electron chi connectivity index (χ4n) is 1.07. The molecule has 0 radical (unpaired) electrons. The Morgan fingerprint density at radius 2 is 1.50 bits per heavy atom. The summed E-state index contributed by atoms with van der Waals surface area (Å²) in [4.78, 5) is 10.1. The van der Waals surface area contributed by atoms with E-state index < -0.39 is 15.9 Å². The summed E-state index contributed by atoms with van der Waals surface area (Å²) in [7, 11) is -3.74. The van der Waals surface area contributed by atoms with Crippen molar-refractivity contribution in [1.82, 2.24) is 0 Å². The molecule has 0 aromatic heterocycles. The summed E-state index contributed by atoms with van der Waals surface area (Å²) >= 11 is 0. The van der Waals surface area contributed by atoms with Gasteiger partial charge in [0.1, 0.15) is 0 Å². The Labute approximate surface area is 85.3 Å². The van der Waals surface area contributed by atoms with Gasteiger partial charge in [0.15, 0.2) is 0 Å². The van der Waals surface area contributed by atoms with Crippen LogP contribution in [-0.2, 0) is 18.5 Å². The first-order chi connectivity index (χ1) is 6.23. The third-order valence-corrected chi connectivity index (χ3v) is 10.7. The molecule has 0 aromatic rings. The summed E-state index contributed by atoms with van der Waals surface area (Å²) in [5, 5.41) is 0. The van der Waals surface area contributed by atoms with Crippen molar-refractivity contribution in [1.29, 1.82) is 0 Å². The molecule has 14 heavy (non-hydrogen) atoms. The molecule has 0 rings (SSSR count). The zero-order valence-corrected chi connectivity index (χ0v) is 10.8. The molecule has 5 nitrogen and oxygen atoms in total. The van der Waals surface area contributed by atoms with Crippen LogP contribution in [0.5, 0.6) is 0 Å². The van der Waals surface area contributed by atoms with E-state index in [4.69, 9.17) is 9.05 Å². The number of hydrogen-bond acceptors (Lipinski definition) is 5. The minimum absolute atomic E-state index is 0.101. The monoisotopic (exact) mass is 246 g/mol. The molecule has 0 saturated heterocycles. The first-order valence-electron chi connectivity index (χ1n) is 4.52. The van der Waals surface area contributed by atoms with Crippen molar-refractivity contribution < 1.29 is 22.4 Å². The van der Waals surface area contributed by atoms with Crippen LogP contribution >= 0.6 is 6.49 Å². The molecule has 1 N–H and O–H groups in total. The van der Waals surface area contributed by atoms with Gasteiger partial charge >= 0.3 is 84.7 Å². The van der Waals surface area contributed by atoms with E-state index >= 15 is 0 Å². The zero-order chi connectivity index (χ0) is 11.5. The van der Waals surface area contributed by atoms with E-state index in [0.29, 0.717) is 0 Å². The molecule has 0 amide bonds. The van der Waals surface area contributed by atoms with Crippen LogP contribution in [0.4, 0.5) is 0 Å². The molecule has 0 bridgehead atoms. The molecule has 0 aliphatic rings. The van der Waals surface area contributed by atoms with Gasteiger partial charge in [0.05, 0.1) is 0 Å². The van der Waals surface area contributed by atoms with Crippen LogP contribution in [0.15, 0.2) is 0 Å². The number of rotatable bonds is 6. The van der Waals surface area contributed by atoms with E-state index in [1.165, 1.54) is 6.92 Å². The van der Waals surface area contributed by atoms with Gasteiger partial charge in [-0.15, -0.1) is 0 Å². The Morgan fingerprint density at radius 1 is 1.14 bits per heavy atom. The Hall–Kier alpha value is 0.260. The van der Waals surface area contributed by atoms with E-state index in [9.17, 15) is 13.3 Å². The molecule has 7 heteroatoms. The van der Waals surface area contributed by atoms with Gasteiger partial charge < -0.3 is 0 Å². The second-order valence-corrected chi connectivity index (χ2v) is 11.8. The second kappa shape index (κ2) is 4.41. The Morgan fingerprint density at radius 3 is 1.71 bits per heavy atom. The van der Waals surface area contributed by atoms with E-state index in [1.54, 1.807) is 13.8 Å². The third-order valence-electron chi connectivity index (χ3n) is 1.84. The van der Waals surface area contributed by atoms with Gasteiger partial charge in [-0.25, -0.2) is 0 Å². The van der Waals surface area contributed by atoms with E-state index in [0.717, 1.165) is 6.66 Å². The van der Waals surface area contributed by atoms with Crippen molar-refractivity contribution in [2.75, 3.05) is 25.6 Å². The molecule has 0 atom stereocenters. The van der Waals surface area contributed by atoms with Crippen LogP contribution < -0.4 is 0 Å². The van der Waals surface area contributed by atoms with Crippen molar-refractivity contribution in [3.63, 3.8) is 0 Å². The van der Waals surface area contributed by atoms with Crippen molar-refractivity contribution in [3.05, 3.63) is 0 Å². The second-order valence-electron chi connectivity index (χ2n) is 2.92. The van der Waals surface area contributed by atoms with Gasteiger partial charge in [0.2, 0.25) is 0 Å². The Bertz CT molecular complexity index is 274. The summed E-state index contributed by atoms with van der Waals surface area (Å²) in [5.41, 5.74) is 0. The van der Waals surface area contributed by atoms with Crippen LogP contribution in [0.3, 0.4) is 0 Å². The van der Waals surface area contributed by atoms with Crippen molar-refractivity contribution in [2.45, 2.75) is 20.8 Å². The molecule has 0 heterocycles. The topological polar surface area (TPSA) is 72.8 Å². The van der Waals surface area contributed by atoms with Crippen LogP contribution in [0.2, 0.25) is 0 Å². The first-order valence-corrected chi connectivity index (χ1v) is 9.24. The molecule has 0 aliphatic carbocycles. The fraction of sp³-hybridized carbons (Fsp3) is 1.00. The molecular weight excluding hydrogens is 227 g/mol. The average Bonchev–Trinajstić information content (AvgIpc) is 2.04. The molecular formula is C7H19O5PS. The van der Waals surface area contributed by atoms with Gasteiger partial charge in [0.25, 0.3) is 0 Å². The molecule has 0 saturated carbocycles. The van der Waals surface area contributed by atoms with Gasteiger partial charge in [-0.05, 0) is 0 Å². The molecule has 0 aliphatic heterocycles. The van der Waals surface area contributed by atoms with Gasteiger partial charge in [-0.2, -0.15) is 0 Å². The predicted molar refractivity (Wildman–Crippen MR) is 57.8 cm³/mol. The summed E-state index contributed by atoms with van der Waals surface area (Å²) in [6.45, 7) is 1.56. The Kier molecular flexibility index (Phi) is 4.49. The zero-order valence-electron chi connectivity index (χ0n) is 9.06. The SMILES string of the molecule is CCOP(C)(O)(OCC)S(=O)(=O)CC. The molecule has 0 unspecified atom stereocenters. The standard InChI is InChI=1S/C7H19O5PS/c1-5-11-13(4,8,12-6-2)14(9,10)7-3/h8H,5-7H2,1-4H3. The van der Waals surface area contributed by atoms with E-state index in [-0.39, 0.29) is 19.0 Å². The summed E-state index contributed by atoms with van der Waals surface area (Å²) in [6.07, 6.45) is 0. The van der Waals surface area contributed by atoms with Gasteiger partial charge in [-0.3, -0.25) is 0 Å². The number of hydrogen-bond donors (Lipinski definition) is 1. The predicted octanol–water partition coefficient (Wildman–Crippen LogP) is 1.33. The van der Waals surface area contributed by atoms with Crippen LogP contribution in [-0.4, -0.2) is 38.9 Å². The van der Waals surface area contributed by atoms with Crippen LogP contribution in [0.25, 0.3) is 0 Å². The van der Waals surface area contributed by atoms with E-state index in [1.807, 2.05) is 0 Å². The molecule has 0 fully saturated rings. The summed E-state index contributed by atoms with van der Waals surface area (Å²) < 4.78 is 33.3. The van der Waals surface area contributed by atoms with Crippen molar-refractivity contribution in [3.8, 4) is 0 Å². The summed E-state index contributed by atoms with van der Waals surface area (Å²) in [6, 6.07) is 0. The van der Waals surface area contributed by atoms with Crippen LogP contribution in [0.1, 0.15) is 20.8 Å². The molecule has 88 valence electrons. The van der Waals surface area contributed by atoms with Gasteiger partial charge in [0, 0.05) is 0 Å². The molecule has 0 aromatic carbocycles. The summed E-state index contributed by atoms with van der Waals surface area (Å²) in [5.74, 6) is -0.197. The van der Waals surface area contributed by atoms with Gasteiger partial charge in [-0.1, -0.05) is 0 Å². The Balaban J connectivity index is 5.29. The maximum absolute atomic E-state index is 11.7.